The Bertz CT molecular complexity index is 553. The Kier molecular flexibility index (Phi) is 4.82. The molecular weight excluding hydrogens is 252 g/mol. The first-order chi connectivity index (χ1) is 9.69. The number of hydrogen-bond donors (Lipinski definition) is 2. The average molecular weight is 272 g/mol. The third-order valence-corrected chi connectivity index (χ3v) is 2.88. The zero-order valence-electron chi connectivity index (χ0n) is 11.9. The summed E-state index contributed by atoms with van der Waals surface area (Å²) in [5, 5.41) is 13.0. The lowest BCUT2D eigenvalue weighted by atomic mass is 10.2. The normalized spacial score (nSPS) is 10.3. The lowest BCUT2D eigenvalue weighted by Crippen LogP contribution is -2.03. The highest BCUT2D eigenvalue weighted by Crippen LogP contribution is 2.19. The summed E-state index contributed by atoms with van der Waals surface area (Å²) in [4.78, 5) is 4.31. The van der Waals surface area contributed by atoms with Gasteiger partial charge in [0.1, 0.15) is 17.2 Å². The fraction of sp³-hybridized carbons (Fsp3) is 0.312. The summed E-state index contributed by atoms with van der Waals surface area (Å²) in [5.74, 6) is 1.08. The van der Waals surface area contributed by atoms with Crippen LogP contribution in [0.15, 0.2) is 36.4 Å². The number of aromatic nitrogens is 1. The summed E-state index contributed by atoms with van der Waals surface area (Å²) in [6.45, 7) is 5.20. The van der Waals surface area contributed by atoms with E-state index in [-0.39, 0.29) is 5.75 Å². The third kappa shape index (κ3) is 3.88. The van der Waals surface area contributed by atoms with Crippen LogP contribution in [0.3, 0.4) is 0 Å². The second-order valence-electron chi connectivity index (χ2n) is 4.64. The summed E-state index contributed by atoms with van der Waals surface area (Å²) in [5.41, 5.74) is 2.51. The minimum absolute atomic E-state index is 0.214. The molecule has 0 unspecified atom stereocenters. The molecule has 0 aliphatic rings. The minimum Gasteiger partial charge on any atom is -0.506 e. The monoisotopic (exact) mass is 272 g/mol. The number of nitrogens with one attached hydrogen (secondary N) is 1. The smallest absolute Gasteiger partial charge is 0.138 e. The highest BCUT2D eigenvalue weighted by molar-refractivity contribution is 5.47. The van der Waals surface area contributed by atoms with Gasteiger partial charge >= 0.3 is 0 Å². The Morgan fingerprint density at radius 2 is 1.90 bits per heavy atom. The van der Waals surface area contributed by atoms with Crippen LogP contribution in [0.4, 0.5) is 5.69 Å². The fourth-order valence-corrected chi connectivity index (χ4v) is 1.81. The predicted octanol–water partition coefficient (Wildman–Crippen LogP) is 3.50. The quantitative estimate of drug-likeness (QED) is 0.845. The van der Waals surface area contributed by atoms with E-state index in [2.05, 4.69) is 17.2 Å². The molecule has 0 aliphatic carbocycles. The van der Waals surface area contributed by atoms with Gasteiger partial charge in [-0.05, 0) is 49.7 Å². The lowest BCUT2D eigenvalue weighted by molar-refractivity contribution is 0.317. The van der Waals surface area contributed by atoms with Crippen molar-refractivity contribution in [2.45, 2.75) is 26.8 Å². The van der Waals surface area contributed by atoms with Crippen molar-refractivity contribution in [2.75, 3.05) is 11.9 Å². The van der Waals surface area contributed by atoms with Gasteiger partial charge in [-0.25, -0.2) is 0 Å². The van der Waals surface area contributed by atoms with Crippen molar-refractivity contribution in [1.29, 1.82) is 0 Å². The molecule has 4 nitrogen and oxygen atoms in total. The van der Waals surface area contributed by atoms with E-state index in [4.69, 9.17) is 4.74 Å². The van der Waals surface area contributed by atoms with Gasteiger partial charge in [-0.2, -0.15) is 0 Å². The van der Waals surface area contributed by atoms with Gasteiger partial charge in [-0.1, -0.05) is 6.92 Å². The molecule has 2 aromatic rings. The molecule has 20 heavy (non-hydrogen) atoms. The van der Waals surface area contributed by atoms with Crippen LogP contribution in [-0.4, -0.2) is 16.7 Å². The molecule has 4 heteroatoms. The largest absolute Gasteiger partial charge is 0.506 e. The molecule has 0 amide bonds. The molecule has 2 N–H and O–H groups in total. The molecule has 0 fully saturated rings. The van der Waals surface area contributed by atoms with Crippen molar-refractivity contribution < 1.29 is 9.84 Å². The highest BCUT2D eigenvalue weighted by Gasteiger charge is 2.03. The van der Waals surface area contributed by atoms with Gasteiger partial charge in [0, 0.05) is 11.4 Å². The molecular formula is C16H20N2O2. The van der Waals surface area contributed by atoms with Crippen LogP contribution in [0.2, 0.25) is 0 Å². The summed E-state index contributed by atoms with van der Waals surface area (Å²) >= 11 is 0. The van der Waals surface area contributed by atoms with Gasteiger partial charge in [-0.15, -0.1) is 0 Å². The summed E-state index contributed by atoms with van der Waals surface area (Å²) < 4.78 is 5.53. The van der Waals surface area contributed by atoms with Crippen LogP contribution in [-0.2, 0) is 6.54 Å². The van der Waals surface area contributed by atoms with Crippen LogP contribution in [0.1, 0.15) is 24.7 Å². The van der Waals surface area contributed by atoms with E-state index in [0.717, 1.165) is 30.2 Å². The third-order valence-electron chi connectivity index (χ3n) is 2.88. The number of nitrogens with zero attached hydrogens (tertiary/aromatic N) is 1. The van der Waals surface area contributed by atoms with E-state index in [1.807, 2.05) is 31.2 Å². The lowest BCUT2D eigenvalue weighted by Gasteiger charge is -2.09. The van der Waals surface area contributed by atoms with E-state index in [1.54, 1.807) is 12.1 Å². The first-order valence-electron chi connectivity index (χ1n) is 6.81. The van der Waals surface area contributed by atoms with Gasteiger partial charge in [0.25, 0.3) is 0 Å². The maximum atomic E-state index is 9.73. The highest BCUT2D eigenvalue weighted by atomic mass is 16.5. The van der Waals surface area contributed by atoms with Crippen LogP contribution in [0.25, 0.3) is 0 Å². The van der Waals surface area contributed by atoms with Gasteiger partial charge in [0.15, 0.2) is 0 Å². The number of aromatic hydroxyl groups is 1. The summed E-state index contributed by atoms with van der Waals surface area (Å²) in [6.07, 6.45) is 0.998. The van der Waals surface area contributed by atoms with Crippen LogP contribution < -0.4 is 10.1 Å². The van der Waals surface area contributed by atoms with E-state index in [9.17, 15) is 5.11 Å². The molecule has 0 bridgehead atoms. The number of anilines is 1. The van der Waals surface area contributed by atoms with Gasteiger partial charge in [0.2, 0.25) is 0 Å². The van der Waals surface area contributed by atoms with Crippen molar-refractivity contribution in [1.82, 2.24) is 4.98 Å². The van der Waals surface area contributed by atoms with Crippen LogP contribution in [0.5, 0.6) is 11.5 Å². The van der Waals surface area contributed by atoms with Crippen LogP contribution >= 0.6 is 0 Å². The Morgan fingerprint density at radius 3 is 2.60 bits per heavy atom. The van der Waals surface area contributed by atoms with Gasteiger partial charge < -0.3 is 15.2 Å². The number of ether oxygens (including phenoxy) is 1. The molecule has 0 saturated carbocycles. The number of pyridine rings is 1. The minimum atomic E-state index is 0.214. The molecule has 1 aromatic carbocycles. The number of aryl methyl sites for hydroxylation is 1. The zero-order chi connectivity index (χ0) is 14.4. The molecule has 0 saturated heterocycles. The maximum Gasteiger partial charge on any atom is 0.138 e. The van der Waals surface area contributed by atoms with E-state index >= 15 is 0 Å². The van der Waals surface area contributed by atoms with Gasteiger partial charge in [0.05, 0.1) is 13.2 Å². The average Bonchev–Trinajstić information content (AvgIpc) is 2.47. The molecule has 1 heterocycles. The molecule has 1 aromatic heterocycles. The molecule has 0 spiro atoms. The summed E-state index contributed by atoms with van der Waals surface area (Å²) in [7, 11) is 0. The molecule has 106 valence electrons. The van der Waals surface area contributed by atoms with Crippen molar-refractivity contribution in [3.63, 3.8) is 0 Å². The zero-order valence-corrected chi connectivity index (χ0v) is 11.9. The maximum absolute atomic E-state index is 9.73. The second kappa shape index (κ2) is 6.80. The van der Waals surface area contributed by atoms with E-state index < -0.39 is 0 Å². The van der Waals surface area contributed by atoms with Gasteiger partial charge in [-0.3, -0.25) is 4.98 Å². The Balaban J connectivity index is 1.95. The Labute approximate surface area is 119 Å². The number of hydrogen-bond acceptors (Lipinski definition) is 4. The number of benzene rings is 1. The first kappa shape index (κ1) is 14.2. The predicted molar refractivity (Wildman–Crippen MR) is 80.2 cm³/mol. The second-order valence-corrected chi connectivity index (χ2v) is 4.64. The molecule has 0 atom stereocenters. The fourth-order valence-electron chi connectivity index (χ4n) is 1.81. The molecule has 0 radical (unpaired) electrons. The number of rotatable bonds is 6. The van der Waals surface area contributed by atoms with Crippen molar-refractivity contribution in [2.24, 2.45) is 0 Å². The van der Waals surface area contributed by atoms with Crippen molar-refractivity contribution in [3.8, 4) is 11.5 Å². The molecule has 2 rings (SSSR count). The Morgan fingerprint density at radius 1 is 1.15 bits per heavy atom. The topological polar surface area (TPSA) is 54.4 Å². The first-order valence-corrected chi connectivity index (χ1v) is 6.81. The van der Waals surface area contributed by atoms with E-state index in [1.165, 1.54) is 0 Å². The van der Waals surface area contributed by atoms with Crippen molar-refractivity contribution in [3.05, 3.63) is 47.8 Å². The standard InChI is InChI=1S/C16H20N2O2/c1-3-10-20-14-7-5-13(6-8-14)17-11-15-16(19)9-4-12(2)18-15/h4-9,17,19H,3,10-11H2,1-2H3. The summed E-state index contributed by atoms with van der Waals surface area (Å²) in [6, 6.07) is 11.2. The molecule has 0 aliphatic heterocycles. The van der Waals surface area contributed by atoms with Crippen molar-refractivity contribution >= 4 is 5.69 Å². The van der Waals surface area contributed by atoms with Crippen LogP contribution in [0, 0.1) is 6.92 Å². The SMILES string of the molecule is CCCOc1ccc(NCc2nc(C)ccc2O)cc1. The Hall–Kier alpha value is -2.23. The van der Waals surface area contributed by atoms with E-state index in [0.29, 0.717) is 12.2 Å².